The summed E-state index contributed by atoms with van der Waals surface area (Å²) in [4.78, 5) is 65.4. The molecule has 2 bridgehead atoms. The van der Waals surface area contributed by atoms with Gasteiger partial charge in [0.25, 0.3) is 11.8 Å². The smallest absolute Gasteiger partial charge is 0.262 e. The van der Waals surface area contributed by atoms with Crippen LogP contribution in [0.15, 0.2) is 79.1 Å². The van der Waals surface area contributed by atoms with E-state index < -0.39 is 41.9 Å². The molecule has 10 rings (SSSR count). The van der Waals surface area contributed by atoms with Gasteiger partial charge in [0.05, 0.1) is 22.6 Å². The van der Waals surface area contributed by atoms with E-state index in [1.54, 1.807) is 16.8 Å². The molecular weight excluding hydrogens is 730 g/mol. The van der Waals surface area contributed by atoms with Gasteiger partial charge in [0.2, 0.25) is 11.8 Å². The van der Waals surface area contributed by atoms with Crippen molar-refractivity contribution in [2.45, 2.75) is 68.9 Å². The zero-order valence-corrected chi connectivity index (χ0v) is 31.0. The first-order valence-corrected chi connectivity index (χ1v) is 19.5. The fraction of sp³-hybridized carbons (Fsp3) is 0.357. The molecule has 5 aliphatic rings. The number of hydrogen-bond donors (Lipinski definition) is 2. The molecule has 1 saturated carbocycles. The third-order valence-electron chi connectivity index (χ3n) is 12.4. The van der Waals surface area contributed by atoms with Crippen LogP contribution in [0.4, 0.5) is 15.9 Å². The van der Waals surface area contributed by atoms with Crippen molar-refractivity contribution < 1.29 is 28.3 Å². The first kappa shape index (κ1) is 35.2. The number of piperidine rings is 1. The number of likely N-dealkylation sites (tertiary alicyclic amines) is 1. The predicted octanol–water partition coefficient (Wildman–Crippen LogP) is 4.91. The number of para-hydroxylation sites is 1. The van der Waals surface area contributed by atoms with Gasteiger partial charge in [-0.3, -0.25) is 34.3 Å². The number of imide groups is 2. The Labute approximate surface area is 326 Å². The molecule has 0 radical (unpaired) electrons. The molecule has 3 N–H and O–H groups in total. The summed E-state index contributed by atoms with van der Waals surface area (Å²) >= 11 is 0. The van der Waals surface area contributed by atoms with Crippen molar-refractivity contribution in [3.05, 3.63) is 90.3 Å². The summed E-state index contributed by atoms with van der Waals surface area (Å²) in [6.45, 7) is 2.39. The molecule has 6 heterocycles. The Morgan fingerprint density at radius 3 is 2.39 bits per heavy atom. The Morgan fingerprint density at radius 1 is 0.842 bits per heavy atom. The lowest BCUT2D eigenvalue weighted by Gasteiger charge is -2.39. The number of carbonyl (C=O) groups is 4. The summed E-state index contributed by atoms with van der Waals surface area (Å²) in [6.07, 6.45) is 3.30. The van der Waals surface area contributed by atoms with Gasteiger partial charge in [-0.1, -0.05) is 18.2 Å². The highest BCUT2D eigenvalue weighted by Crippen LogP contribution is 2.42. The molecule has 4 fully saturated rings. The van der Waals surface area contributed by atoms with Gasteiger partial charge in [0.1, 0.15) is 41.6 Å². The zero-order valence-electron chi connectivity index (χ0n) is 31.0. The number of ether oxygens (including phenoxy) is 1. The Bertz CT molecular complexity index is 2440. The molecule has 0 spiro atoms. The van der Waals surface area contributed by atoms with Crippen LogP contribution in [0.3, 0.4) is 0 Å². The second-order valence-electron chi connectivity index (χ2n) is 15.8. The molecular formula is C42H40FN9O5. The summed E-state index contributed by atoms with van der Waals surface area (Å²) in [6, 6.07) is 21.4. The fourth-order valence-electron chi connectivity index (χ4n) is 9.61. The molecule has 3 aromatic carbocycles. The van der Waals surface area contributed by atoms with Crippen LogP contribution < -0.4 is 20.7 Å². The second-order valence-corrected chi connectivity index (χ2v) is 15.8. The number of halogens is 1. The Balaban J connectivity index is 0.792. The number of nitrogens with zero attached hydrogens (tertiary/aromatic N) is 7. The molecule has 57 heavy (non-hydrogen) atoms. The average Bonchev–Trinajstić information content (AvgIpc) is 3.97. The number of anilines is 2. The van der Waals surface area contributed by atoms with E-state index in [4.69, 9.17) is 15.6 Å². The number of nitrogens with one attached hydrogen (secondary N) is 1. The average molecular weight is 770 g/mol. The van der Waals surface area contributed by atoms with Crippen LogP contribution in [0.2, 0.25) is 0 Å². The van der Waals surface area contributed by atoms with Crippen molar-refractivity contribution in [3.8, 4) is 22.8 Å². The third kappa shape index (κ3) is 6.07. The van der Waals surface area contributed by atoms with Crippen molar-refractivity contribution in [1.29, 1.82) is 0 Å². The number of amides is 4. The van der Waals surface area contributed by atoms with E-state index in [1.807, 2.05) is 60.7 Å². The zero-order chi connectivity index (χ0) is 38.9. The van der Waals surface area contributed by atoms with Crippen molar-refractivity contribution in [3.63, 3.8) is 0 Å². The molecule has 290 valence electrons. The molecule has 1 aliphatic carbocycles. The van der Waals surface area contributed by atoms with Crippen molar-refractivity contribution in [2.75, 3.05) is 30.3 Å². The molecule has 14 nitrogen and oxygen atoms in total. The highest BCUT2D eigenvalue weighted by atomic mass is 19.1. The maximum absolute atomic E-state index is 16.3. The topological polar surface area (TPSA) is 169 Å². The largest absolute Gasteiger partial charge is 0.457 e. The minimum absolute atomic E-state index is 0.0751. The number of carbonyl (C=O) groups excluding carboxylic acids is 4. The van der Waals surface area contributed by atoms with E-state index in [9.17, 15) is 19.2 Å². The highest BCUT2D eigenvalue weighted by molar-refractivity contribution is 6.23. The van der Waals surface area contributed by atoms with E-state index in [1.165, 1.54) is 6.33 Å². The Kier molecular flexibility index (Phi) is 8.50. The van der Waals surface area contributed by atoms with Crippen LogP contribution in [0.5, 0.6) is 11.5 Å². The molecule has 15 heteroatoms. The first-order chi connectivity index (χ1) is 27.7. The summed E-state index contributed by atoms with van der Waals surface area (Å²) in [7, 11) is 0. The van der Waals surface area contributed by atoms with E-state index in [2.05, 4.69) is 25.1 Å². The maximum atomic E-state index is 16.3. The molecule has 6 atom stereocenters. The summed E-state index contributed by atoms with van der Waals surface area (Å²) in [5, 5.41) is 7.78. The van der Waals surface area contributed by atoms with Gasteiger partial charge in [-0.25, -0.2) is 19.0 Å². The van der Waals surface area contributed by atoms with Crippen LogP contribution >= 0.6 is 0 Å². The van der Waals surface area contributed by atoms with Gasteiger partial charge in [-0.05, 0) is 92.6 Å². The number of nitrogens with two attached hydrogens (primary N) is 1. The number of benzene rings is 3. The van der Waals surface area contributed by atoms with Crippen molar-refractivity contribution >= 4 is 46.2 Å². The van der Waals surface area contributed by atoms with E-state index in [0.717, 1.165) is 54.4 Å². The normalized spacial score (nSPS) is 26.1. The summed E-state index contributed by atoms with van der Waals surface area (Å²) in [5.74, 6) is -0.155. The van der Waals surface area contributed by atoms with E-state index >= 15 is 4.39 Å². The third-order valence-corrected chi connectivity index (χ3v) is 12.4. The number of hydrogen-bond acceptors (Lipinski definition) is 11. The van der Waals surface area contributed by atoms with Crippen LogP contribution in [0.1, 0.15) is 65.3 Å². The molecule has 4 aliphatic heterocycles. The van der Waals surface area contributed by atoms with Gasteiger partial charge in [-0.2, -0.15) is 5.10 Å². The molecule has 2 aromatic heterocycles. The minimum Gasteiger partial charge on any atom is -0.457 e. The number of piperazine rings is 1. The summed E-state index contributed by atoms with van der Waals surface area (Å²) in [5.41, 5.74) is 9.73. The number of alkyl halides is 1. The SMILES string of the molecule is Nc1ncnc2c1c(-c1ccc(Oc3ccccc3)cc1)nn2C1CCC(CN2C[C@@H]3C[C@H]2CN3c2ccc3c(c2)C(=O)N(C2CCC(=O)NC2=O)C3=O)CC1F. The number of nitrogen functional groups attached to an aromatic ring is 1. The predicted molar refractivity (Wildman–Crippen MR) is 207 cm³/mol. The van der Waals surface area contributed by atoms with Crippen LogP contribution in [-0.4, -0.2) is 97.1 Å². The van der Waals surface area contributed by atoms with Crippen molar-refractivity contribution in [1.82, 2.24) is 34.9 Å². The number of rotatable bonds is 8. The molecule has 4 amide bonds. The van der Waals surface area contributed by atoms with Gasteiger partial charge in [-0.15, -0.1) is 0 Å². The number of aromatic nitrogens is 4. The van der Waals surface area contributed by atoms with E-state index in [0.29, 0.717) is 41.1 Å². The first-order valence-electron chi connectivity index (χ1n) is 19.5. The number of fused-ring (bicyclic) bond motifs is 4. The van der Waals surface area contributed by atoms with E-state index in [-0.39, 0.29) is 42.0 Å². The molecule has 5 aromatic rings. The van der Waals surface area contributed by atoms with Gasteiger partial charge in [0.15, 0.2) is 5.65 Å². The Hall–Kier alpha value is -6.22. The lowest BCUT2D eigenvalue weighted by Crippen LogP contribution is -2.54. The Morgan fingerprint density at radius 2 is 1.63 bits per heavy atom. The standard InChI is InChI=1S/C42H40FN9O5/c43-32-16-23(6-13-33(32)52-39-36(38(44)45-22-46-39)37(48-52)24-7-10-29(11-8-24)57-28-4-2-1-3-5-28)19-49-20-27-17-26(49)21-50(27)25-9-12-30-31(18-25)42(56)51(41(30)55)34-14-15-35(53)47-40(34)54/h1-5,7-12,18,22-23,26-27,32-34H,6,13-17,19-21H2,(H2,44,45,46)(H,47,53,54)/t23?,26-,27-,32?,33?,34?/m0/s1. The summed E-state index contributed by atoms with van der Waals surface area (Å²) < 4.78 is 24.0. The van der Waals surface area contributed by atoms with Crippen LogP contribution in [-0.2, 0) is 9.59 Å². The molecule has 3 saturated heterocycles. The monoisotopic (exact) mass is 769 g/mol. The van der Waals surface area contributed by atoms with Crippen LogP contribution in [0, 0.1) is 5.92 Å². The van der Waals surface area contributed by atoms with Gasteiger partial charge < -0.3 is 15.4 Å². The van der Waals surface area contributed by atoms with Gasteiger partial charge in [0, 0.05) is 49.4 Å². The maximum Gasteiger partial charge on any atom is 0.262 e. The quantitative estimate of drug-likeness (QED) is 0.206. The lowest BCUT2D eigenvalue weighted by atomic mass is 9.84. The lowest BCUT2D eigenvalue weighted by molar-refractivity contribution is -0.136. The minimum atomic E-state index is -1.12. The highest BCUT2D eigenvalue weighted by Gasteiger charge is 2.47. The van der Waals surface area contributed by atoms with Gasteiger partial charge >= 0.3 is 0 Å². The molecule has 4 unspecified atom stereocenters. The second kappa shape index (κ2) is 13.8. The van der Waals surface area contributed by atoms with Crippen molar-refractivity contribution in [2.24, 2.45) is 5.92 Å². The fourth-order valence-corrected chi connectivity index (χ4v) is 9.61. The van der Waals surface area contributed by atoms with Crippen LogP contribution in [0.25, 0.3) is 22.3 Å².